The maximum atomic E-state index is 6.01. The molecule has 0 radical (unpaired) electrons. The van der Waals surface area contributed by atoms with Crippen LogP contribution in [-0.4, -0.2) is 25.0 Å². The molecule has 106 valence electrons. The zero-order valence-corrected chi connectivity index (χ0v) is 12.4. The third-order valence-electron chi connectivity index (χ3n) is 4.49. The lowest BCUT2D eigenvalue weighted by molar-refractivity contribution is 0.186. The second-order valence-corrected chi connectivity index (χ2v) is 6.11. The predicted molar refractivity (Wildman–Crippen MR) is 82.2 cm³/mol. The quantitative estimate of drug-likeness (QED) is 0.878. The lowest BCUT2D eigenvalue weighted by Crippen LogP contribution is -2.34. The summed E-state index contributed by atoms with van der Waals surface area (Å²) in [5, 5.41) is 0. The summed E-state index contributed by atoms with van der Waals surface area (Å²) in [6.07, 6.45) is 7.05. The zero-order chi connectivity index (χ0) is 13.7. The first-order valence-corrected chi connectivity index (χ1v) is 7.67. The summed E-state index contributed by atoms with van der Waals surface area (Å²) in [5.41, 5.74) is 8.67. The van der Waals surface area contributed by atoms with Crippen LogP contribution >= 0.6 is 0 Å². The number of hydrogen-bond donors (Lipinski definition) is 1. The van der Waals surface area contributed by atoms with E-state index in [1.807, 2.05) is 0 Å². The second-order valence-electron chi connectivity index (χ2n) is 6.11. The number of likely N-dealkylation sites (N-methyl/N-ethyl adjacent to an activating group) is 1. The van der Waals surface area contributed by atoms with Crippen LogP contribution in [0.4, 0.5) is 0 Å². The van der Waals surface area contributed by atoms with Gasteiger partial charge < -0.3 is 5.73 Å². The van der Waals surface area contributed by atoms with E-state index in [4.69, 9.17) is 5.73 Å². The highest BCUT2D eigenvalue weighted by atomic mass is 15.1. The van der Waals surface area contributed by atoms with Crippen molar-refractivity contribution in [2.75, 3.05) is 20.1 Å². The van der Waals surface area contributed by atoms with E-state index >= 15 is 0 Å². The first-order valence-electron chi connectivity index (χ1n) is 7.67. The molecule has 1 atom stereocenters. The summed E-state index contributed by atoms with van der Waals surface area (Å²) in [6.45, 7) is 4.02. The van der Waals surface area contributed by atoms with E-state index in [-0.39, 0.29) is 0 Å². The highest BCUT2D eigenvalue weighted by Gasteiger charge is 2.20. The molecular formula is C17H28N2. The number of aryl methyl sites for hydroxylation is 1. The van der Waals surface area contributed by atoms with Gasteiger partial charge in [0, 0.05) is 19.1 Å². The van der Waals surface area contributed by atoms with Gasteiger partial charge in [-0.05, 0) is 38.3 Å². The minimum atomic E-state index is 0.363. The fraction of sp³-hybridized carbons (Fsp3) is 0.647. The molecule has 1 aromatic rings. The smallest absolute Gasteiger partial charge is 0.0467 e. The molecule has 0 aliphatic heterocycles. The van der Waals surface area contributed by atoms with E-state index in [0.717, 1.165) is 5.92 Å². The Morgan fingerprint density at radius 2 is 1.79 bits per heavy atom. The Kier molecular flexibility index (Phi) is 5.41. The van der Waals surface area contributed by atoms with Crippen LogP contribution in [0.25, 0.3) is 0 Å². The molecule has 0 aromatic heterocycles. The van der Waals surface area contributed by atoms with Gasteiger partial charge in [-0.25, -0.2) is 0 Å². The molecule has 1 fully saturated rings. The van der Waals surface area contributed by atoms with Crippen LogP contribution in [0.2, 0.25) is 0 Å². The first kappa shape index (κ1) is 14.5. The Balaban J connectivity index is 1.97. The van der Waals surface area contributed by atoms with Crippen LogP contribution in [-0.2, 0) is 0 Å². The molecule has 1 aromatic carbocycles. The Bertz CT molecular complexity index is 365. The van der Waals surface area contributed by atoms with Gasteiger partial charge in [-0.15, -0.1) is 0 Å². The third kappa shape index (κ3) is 4.05. The number of benzene rings is 1. The molecule has 1 aliphatic rings. The van der Waals surface area contributed by atoms with Gasteiger partial charge in [0.15, 0.2) is 0 Å². The van der Waals surface area contributed by atoms with Gasteiger partial charge >= 0.3 is 0 Å². The minimum absolute atomic E-state index is 0.363. The Morgan fingerprint density at radius 3 is 2.37 bits per heavy atom. The van der Waals surface area contributed by atoms with Crippen molar-refractivity contribution in [3.63, 3.8) is 0 Å². The third-order valence-corrected chi connectivity index (χ3v) is 4.49. The summed E-state index contributed by atoms with van der Waals surface area (Å²) in [4.78, 5) is 2.46. The molecular weight excluding hydrogens is 232 g/mol. The molecule has 19 heavy (non-hydrogen) atoms. The molecule has 0 amide bonds. The Labute approximate surface area is 118 Å². The molecule has 0 heterocycles. The van der Waals surface area contributed by atoms with Crippen molar-refractivity contribution in [1.82, 2.24) is 4.90 Å². The fourth-order valence-electron chi connectivity index (χ4n) is 3.26. The summed E-state index contributed by atoms with van der Waals surface area (Å²) in [6, 6.07) is 9.19. The molecule has 0 bridgehead atoms. The number of rotatable bonds is 5. The SMILES string of the molecule is Cc1ccc(C(CN)N(C)CC2CCCCC2)cc1. The van der Waals surface area contributed by atoms with Crippen LogP contribution in [0.1, 0.15) is 49.3 Å². The first-order chi connectivity index (χ1) is 9.20. The molecule has 2 N–H and O–H groups in total. The van der Waals surface area contributed by atoms with Crippen molar-refractivity contribution in [1.29, 1.82) is 0 Å². The van der Waals surface area contributed by atoms with Crippen molar-refractivity contribution < 1.29 is 0 Å². The maximum absolute atomic E-state index is 6.01. The van der Waals surface area contributed by atoms with Crippen molar-refractivity contribution in [3.05, 3.63) is 35.4 Å². The lowest BCUT2D eigenvalue weighted by atomic mass is 9.88. The standard InChI is InChI=1S/C17H28N2/c1-14-8-10-16(11-9-14)17(12-18)19(2)13-15-6-4-3-5-7-15/h8-11,15,17H,3-7,12-13,18H2,1-2H3. The van der Waals surface area contributed by atoms with E-state index in [2.05, 4.69) is 43.1 Å². The van der Waals surface area contributed by atoms with Crippen LogP contribution in [0, 0.1) is 12.8 Å². The van der Waals surface area contributed by atoms with Crippen molar-refractivity contribution >= 4 is 0 Å². The van der Waals surface area contributed by atoms with Gasteiger partial charge in [0.05, 0.1) is 0 Å². The molecule has 2 heteroatoms. The number of nitrogens with two attached hydrogens (primary N) is 1. The lowest BCUT2D eigenvalue weighted by Gasteiger charge is -2.32. The maximum Gasteiger partial charge on any atom is 0.0467 e. The minimum Gasteiger partial charge on any atom is -0.329 e. The summed E-state index contributed by atoms with van der Waals surface area (Å²) >= 11 is 0. The largest absolute Gasteiger partial charge is 0.329 e. The molecule has 1 saturated carbocycles. The van der Waals surface area contributed by atoms with E-state index < -0.39 is 0 Å². The van der Waals surface area contributed by atoms with Crippen molar-refractivity contribution in [3.8, 4) is 0 Å². The highest BCUT2D eigenvalue weighted by molar-refractivity contribution is 5.24. The van der Waals surface area contributed by atoms with Gasteiger partial charge in [-0.3, -0.25) is 4.90 Å². The van der Waals surface area contributed by atoms with Crippen molar-refractivity contribution in [2.45, 2.75) is 45.1 Å². The Morgan fingerprint density at radius 1 is 1.16 bits per heavy atom. The van der Waals surface area contributed by atoms with Gasteiger partial charge in [0.1, 0.15) is 0 Å². The summed E-state index contributed by atoms with van der Waals surface area (Å²) in [7, 11) is 2.23. The summed E-state index contributed by atoms with van der Waals surface area (Å²) < 4.78 is 0. The number of nitrogens with zero attached hydrogens (tertiary/aromatic N) is 1. The second kappa shape index (κ2) is 7.06. The topological polar surface area (TPSA) is 29.3 Å². The molecule has 0 spiro atoms. The van der Waals surface area contributed by atoms with Crippen LogP contribution < -0.4 is 5.73 Å². The Hall–Kier alpha value is -0.860. The monoisotopic (exact) mass is 260 g/mol. The van der Waals surface area contributed by atoms with Gasteiger partial charge in [-0.1, -0.05) is 49.1 Å². The van der Waals surface area contributed by atoms with E-state index in [1.165, 1.54) is 49.8 Å². The fourth-order valence-corrected chi connectivity index (χ4v) is 3.26. The summed E-state index contributed by atoms with van der Waals surface area (Å²) in [5.74, 6) is 0.873. The van der Waals surface area contributed by atoms with Gasteiger partial charge in [0.2, 0.25) is 0 Å². The number of hydrogen-bond acceptors (Lipinski definition) is 2. The molecule has 2 rings (SSSR count). The predicted octanol–water partition coefficient (Wildman–Crippen LogP) is 3.51. The normalized spacial score (nSPS) is 18.7. The molecule has 1 unspecified atom stereocenters. The molecule has 2 nitrogen and oxygen atoms in total. The van der Waals surface area contributed by atoms with Gasteiger partial charge in [0.25, 0.3) is 0 Å². The van der Waals surface area contributed by atoms with Crippen LogP contribution in [0.15, 0.2) is 24.3 Å². The molecule has 1 aliphatic carbocycles. The average Bonchev–Trinajstić information content (AvgIpc) is 2.43. The zero-order valence-electron chi connectivity index (χ0n) is 12.4. The average molecular weight is 260 g/mol. The van der Waals surface area contributed by atoms with E-state index in [0.29, 0.717) is 12.6 Å². The van der Waals surface area contributed by atoms with Crippen LogP contribution in [0.5, 0.6) is 0 Å². The van der Waals surface area contributed by atoms with Crippen LogP contribution in [0.3, 0.4) is 0 Å². The molecule has 0 saturated heterocycles. The highest BCUT2D eigenvalue weighted by Crippen LogP contribution is 2.27. The van der Waals surface area contributed by atoms with E-state index in [1.54, 1.807) is 0 Å². The van der Waals surface area contributed by atoms with Crippen molar-refractivity contribution in [2.24, 2.45) is 11.7 Å². The van der Waals surface area contributed by atoms with E-state index in [9.17, 15) is 0 Å². The van der Waals surface area contributed by atoms with Gasteiger partial charge in [-0.2, -0.15) is 0 Å².